The molecular formula is C16H16N2. The van der Waals surface area contributed by atoms with Crippen molar-refractivity contribution in [1.29, 1.82) is 10.5 Å². The van der Waals surface area contributed by atoms with Crippen LogP contribution in [0, 0.1) is 40.9 Å². The van der Waals surface area contributed by atoms with E-state index >= 15 is 0 Å². The van der Waals surface area contributed by atoms with Crippen molar-refractivity contribution in [1.82, 2.24) is 0 Å². The quantitative estimate of drug-likeness (QED) is 0.783. The number of hydrogen-bond donors (Lipinski definition) is 0. The van der Waals surface area contributed by atoms with Gasteiger partial charge in [0, 0.05) is 5.92 Å². The maximum absolute atomic E-state index is 9.21. The van der Waals surface area contributed by atoms with Gasteiger partial charge in [0.25, 0.3) is 0 Å². The standard InChI is InChI=1S/C16H16N2/c1-13-4-6-14(7-5-13)8-9-15-3-2-10-16(15,11-17)12-18/h4-9,15H,2-3,10H2,1H3/b9-8+. The Morgan fingerprint density at radius 3 is 2.50 bits per heavy atom. The van der Waals surface area contributed by atoms with Crippen molar-refractivity contribution in [3.63, 3.8) is 0 Å². The molecule has 0 N–H and O–H groups in total. The van der Waals surface area contributed by atoms with E-state index in [1.165, 1.54) is 5.56 Å². The van der Waals surface area contributed by atoms with Crippen molar-refractivity contribution in [2.24, 2.45) is 11.3 Å². The van der Waals surface area contributed by atoms with Crippen molar-refractivity contribution < 1.29 is 0 Å². The van der Waals surface area contributed by atoms with Crippen molar-refractivity contribution >= 4 is 6.08 Å². The lowest BCUT2D eigenvalue weighted by Crippen LogP contribution is -2.19. The van der Waals surface area contributed by atoms with E-state index < -0.39 is 5.41 Å². The Morgan fingerprint density at radius 1 is 1.22 bits per heavy atom. The van der Waals surface area contributed by atoms with Gasteiger partial charge in [0.05, 0.1) is 12.1 Å². The third kappa shape index (κ3) is 2.29. The van der Waals surface area contributed by atoms with Crippen molar-refractivity contribution in [2.75, 3.05) is 0 Å². The molecular weight excluding hydrogens is 220 g/mol. The number of rotatable bonds is 2. The van der Waals surface area contributed by atoms with Crippen LogP contribution in [0.1, 0.15) is 30.4 Å². The fourth-order valence-corrected chi connectivity index (χ4v) is 2.50. The first-order valence-corrected chi connectivity index (χ1v) is 6.27. The van der Waals surface area contributed by atoms with Crippen LogP contribution in [-0.4, -0.2) is 0 Å². The van der Waals surface area contributed by atoms with Crippen LogP contribution in [0.2, 0.25) is 0 Å². The summed E-state index contributed by atoms with van der Waals surface area (Å²) in [5, 5.41) is 18.4. The third-order valence-electron chi connectivity index (χ3n) is 3.72. The molecule has 1 aliphatic rings. The van der Waals surface area contributed by atoms with Crippen LogP contribution in [0.15, 0.2) is 30.3 Å². The zero-order valence-corrected chi connectivity index (χ0v) is 10.6. The van der Waals surface area contributed by atoms with E-state index in [4.69, 9.17) is 0 Å². The first-order chi connectivity index (χ1) is 8.70. The van der Waals surface area contributed by atoms with Crippen molar-refractivity contribution in [3.8, 4) is 12.1 Å². The molecule has 1 saturated carbocycles. The average Bonchev–Trinajstić information content (AvgIpc) is 2.81. The summed E-state index contributed by atoms with van der Waals surface area (Å²) in [6.45, 7) is 2.06. The largest absolute Gasteiger partial charge is 0.197 e. The van der Waals surface area contributed by atoms with Gasteiger partial charge in [-0.05, 0) is 25.3 Å². The van der Waals surface area contributed by atoms with Gasteiger partial charge in [0.15, 0.2) is 0 Å². The molecule has 1 atom stereocenters. The Kier molecular flexibility index (Phi) is 3.49. The van der Waals surface area contributed by atoms with Crippen LogP contribution in [0.5, 0.6) is 0 Å². The molecule has 1 unspecified atom stereocenters. The van der Waals surface area contributed by atoms with Gasteiger partial charge in [-0.3, -0.25) is 0 Å². The van der Waals surface area contributed by atoms with E-state index in [0.717, 1.165) is 18.4 Å². The van der Waals surface area contributed by atoms with Crippen LogP contribution in [-0.2, 0) is 0 Å². The van der Waals surface area contributed by atoms with E-state index in [-0.39, 0.29) is 5.92 Å². The van der Waals surface area contributed by atoms with Gasteiger partial charge in [-0.25, -0.2) is 0 Å². The lowest BCUT2D eigenvalue weighted by molar-refractivity contribution is 0.449. The fourth-order valence-electron chi connectivity index (χ4n) is 2.50. The summed E-state index contributed by atoms with van der Waals surface area (Å²) in [5.41, 5.74) is 1.55. The smallest absolute Gasteiger partial charge is 0.150 e. The first kappa shape index (κ1) is 12.4. The van der Waals surface area contributed by atoms with Gasteiger partial charge in [-0.1, -0.05) is 48.4 Å². The molecule has 1 aliphatic carbocycles. The number of hydrogen-bond acceptors (Lipinski definition) is 2. The summed E-state index contributed by atoms with van der Waals surface area (Å²) in [6, 6.07) is 12.7. The maximum Gasteiger partial charge on any atom is 0.150 e. The molecule has 90 valence electrons. The molecule has 2 heteroatoms. The summed E-state index contributed by atoms with van der Waals surface area (Å²) in [7, 11) is 0. The molecule has 0 amide bonds. The Bertz CT molecular complexity index is 512. The minimum Gasteiger partial charge on any atom is -0.197 e. The molecule has 0 spiro atoms. The van der Waals surface area contributed by atoms with Crippen LogP contribution >= 0.6 is 0 Å². The van der Waals surface area contributed by atoms with Gasteiger partial charge in [-0.2, -0.15) is 10.5 Å². The van der Waals surface area contributed by atoms with E-state index in [2.05, 4.69) is 43.3 Å². The molecule has 0 bridgehead atoms. The predicted molar refractivity (Wildman–Crippen MR) is 71.2 cm³/mol. The van der Waals surface area contributed by atoms with Gasteiger partial charge >= 0.3 is 0 Å². The highest BCUT2D eigenvalue weighted by Gasteiger charge is 2.42. The van der Waals surface area contributed by atoms with E-state index in [9.17, 15) is 10.5 Å². The Balaban J connectivity index is 2.17. The van der Waals surface area contributed by atoms with Crippen molar-refractivity contribution in [2.45, 2.75) is 26.2 Å². The van der Waals surface area contributed by atoms with Crippen LogP contribution < -0.4 is 0 Å². The summed E-state index contributed by atoms with van der Waals surface area (Å²) in [4.78, 5) is 0. The zero-order valence-electron chi connectivity index (χ0n) is 10.6. The Morgan fingerprint density at radius 2 is 1.89 bits per heavy atom. The predicted octanol–water partition coefficient (Wildman–Crippen LogP) is 3.84. The Hall–Kier alpha value is -2.06. The van der Waals surface area contributed by atoms with Crippen LogP contribution in [0.4, 0.5) is 0 Å². The second-order valence-corrected chi connectivity index (χ2v) is 4.96. The molecule has 18 heavy (non-hydrogen) atoms. The number of nitrogens with zero attached hydrogens (tertiary/aromatic N) is 2. The van der Waals surface area contributed by atoms with Gasteiger partial charge in [0.2, 0.25) is 0 Å². The van der Waals surface area contributed by atoms with Crippen molar-refractivity contribution in [3.05, 3.63) is 41.5 Å². The minimum atomic E-state index is -0.804. The normalized spacial score (nSPS) is 21.6. The monoisotopic (exact) mass is 236 g/mol. The number of nitriles is 2. The maximum atomic E-state index is 9.21. The SMILES string of the molecule is Cc1ccc(/C=C/C2CCCC2(C#N)C#N)cc1. The number of benzene rings is 1. The molecule has 0 radical (unpaired) electrons. The van der Waals surface area contributed by atoms with Gasteiger partial charge < -0.3 is 0 Å². The fraction of sp³-hybridized carbons (Fsp3) is 0.375. The summed E-state index contributed by atoms with van der Waals surface area (Å²) < 4.78 is 0. The molecule has 1 aromatic rings. The highest BCUT2D eigenvalue weighted by molar-refractivity contribution is 5.50. The molecule has 1 fully saturated rings. The molecule has 2 nitrogen and oxygen atoms in total. The topological polar surface area (TPSA) is 47.6 Å². The molecule has 0 aromatic heterocycles. The van der Waals surface area contributed by atoms with Crippen LogP contribution in [0.3, 0.4) is 0 Å². The lowest BCUT2D eigenvalue weighted by Gasteiger charge is -2.17. The van der Waals surface area contributed by atoms with E-state index in [0.29, 0.717) is 6.42 Å². The molecule has 0 aliphatic heterocycles. The minimum absolute atomic E-state index is 0.0637. The molecule has 2 rings (SSSR count). The highest BCUT2D eigenvalue weighted by Crippen LogP contribution is 2.43. The van der Waals surface area contributed by atoms with E-state index in [1.54, 1.807) is 0 Å². The zero-order chi connectivity index (χ0) is 13.0. The summed E-state index contributed by atoms with van der Waals surface area (Å²) in [6.07, 6.45) is 6.65. The highest BCUT2D eigenvalue weighted by atomic mass is 14.5. The van der Waals surface area contributed by atoms with Gasteiger partial charge in [0.1, 0.15) is 5.41 Å². The van der Waals surface area contributed by atoms with Gasteiger partial charge in [-0.15, -0.1) is 0 Å². The summed E-state index contributed by atoms with van der Waals surface area (Å²) in [5.74, 6) is 0.0637. The molecule has 0 heterocycles. The molecule has 0 saturated heterocycles. The van der Waals surface area contributed by atoms with Crippen LogP contribution in [0.25, 0.3) is 6.08 Å². The summed E-state index contributed by atoms with van der Waals surface area (Å²) >= 11 is 0. The third-order valence-corrected chi connectivity index (χ3v) is 3.72. The first-order valence-electron chi connectivity index (χ1n) is 6.27. The number of allylic oxidation sites excluding steroid dienone is 1. The lowest BCUT2D eigenvalue weighted by atomic mass is 9.80. The van der Waals surface area contributed by atoms with E-state index in [1.807, 2.05) is 12.2 Å². The molecule has 1 aromatic carbocycles. The Labute approximate surface area is 108 Å². The average molecular weight is 236 g/mol. The second-order valence-electron chi connectivity index (χ2n) is 4.96. The second kappa shape index (κ2) is 5.07. The number of aryl methyl sites for hydroxylation is 1.